The number of nitrogens with two attached hydrogens (primary N) is 1. The third-order valence-electron chi connectivity index (χ3n) is 8.52. The van der Waals surface area contributed by atoms with E-state index in [1.165, 1.54) is 0 Å². The van der Waals surface area contributed by atoms with Crippen molar-refractivity contribution in [2.45, 2.75) is 104 Å². The molecule has 1 aliphatic rings. The number of primary amides is 1. The molecule has 0 aromatic heterocycles. The molecule has 8 amide bonds. The van der Waals surface area contributed by atoms with Crippen LogP contribution in [0.15, 0.2) is 36.4 Å². The third kappa shape index (κ3) is 18.0. The number of nitrogens with zero attached hydrogens (tertiary/aromatic N) is 1. The molecule has 0 unspecified atom stereocenters. The Bertz CT molecular complexity index is 1740. The summed E-state index contributed by atoms with van der Waals surface area (Å²) in [6, 6.07) is 1.49. The van der Waals surface area contributed by atoms with E-state index in [9.17, 15) is 51.3 Å². The maximum Gasteiger partial charge on any atom is 0.312 e. The van der Waals surface area contributed by atoms with Crippen molar-refractivity contribution in [2.75, 3.05) is 24.2 Å². The monoisotopic (exact) mass is 821 g/mol. The minimum absolute atomic E-state index is 0.0186. The number of nitrogens with one attached hydrogen (secondary N) is 5. The number of hydrogen-bond donors (Lipinski definition) is 7. The van der Waals surface area contributed by atoms with Gasteiger partial charge in [0.2, 0.25) is 23.6 Å². The SMILES string of the molecule is CC(C)[C@@H](NC(=O)[C@@H](CS(=O)(=O)O)NC(=O)CCCCCN1C(=O)C=CC1=O)C(=O)N[C@H](CCCCNC(N)=O)C(=O)Nc1ccc(COC(=O)C(C)(C)C)cc1. The molecule has 0 saturated heterocycles. The predicted molar refractivity (Wildman–Crippen MR) is 207 cm³/mol. The number of carbonyl (C=O) groups is 8. The number of unbranched alkanes of at least 4 members (excludes halogenated alkanes) is 3. The summed E-state index contributed by atoms with van der Waals surface area (Å²) in [7, 11) is -4.80. The largest absolute Gasteiger partial charge is 0.460 e. The van der Waals surface area contributed by atoms with Gasteiger partial charge in [-0.15, -0.1) is 0 Å². The molecule has 1 aromatic carbocycles. The van der Waals surface area contributed by atoms with Crippen molar-refractivity contribution in [1.29, 1.82) is 0 Å². The highest BCUT2D eigenvalue weighted by Crippen LogP contribution is 2.18. The number of imide groups is 1. The number of carbonyl (C=O) groups excluding carboxylic acids is 8. The van der Waals surface area contributed by atoms with Crippen molar-refractivity contribution < 1.29 is 56.1 Å². The molecule has 0 saturated carbocycles. The summed E-state index contributed by atoms with van der Waals surface area (Å²) in [4.78, 5) is 101. The van der Waals surface area contributed by atoms with E-state index in [4.69, 9.17) is 10.5 Å². The van der Waals surface area contributed by atoms with Crippen LogP contribution in [-0.4, -0.2) is 102 Å². The summed E-state index contributed by atoms with van der Waals surface area (Å²) in [6.07, 6.45) is 4.12. The van der Waals surface area contributed by atoms with E-state index in [0.717, 1.165) is 17.1 Å². The maximum atomic E-state index is 13.7. The molecule has 0 bridgehead atoms. The lowest BCUT2D eigenvalue weighted by Crippen LogP contribution is -2.58. The predicted octanol–water partition coefficient (Wildman–Crippen LogP) is 1.04. The Morgan fingerprint density at radius 1 is 0.825 bits per heavy atom. The number of urea groups is 1. The van der Waals surface area contributed by atoms with Gasteiger partial charge < -0.3 is 37.1 Å². The van der Waals surface area contributed by atoms with Gasteiger partial charge in [-0.3, -0.25) is 43.0 Å². The number of amides is 8. The number of benzene rings is 1. The van der Waals surface area contributed by atoms with Crippen LogP contribution < -0.4 is 32.3 Å². The van der Waals surface area contributed by atoms with Crippen LogP contribution in [0.5, 0.6) is 0 Å². The van der Waals surface area contributed by atoms with Crippen LogP contribution in [0.25, 0.3) is 0 Å². The highest BCUT2D eigenvalue weighted by atomic mass is 32.2. The molecule has 0 radical (unpaired) electrons. The van der Waals surface area contributed by atoms with E-state index >= 15 is 0 Å². The first-order valence-electron chi connectivity index (χ1n) is 18.6. The molecular weight excluding hydrogens is 767 g/mol. The number of hydrogen-bond acceptors (Lipinski definition) is 11. The highest BCUT2D eigenvalue weighted by molar-refractivity contribution is 7.85. The van der Waals surface area contributed by atoms with Gasteiger partial charge in [0, 0.05) is 37.3 Å². The molecule has 8 N–H and O–H groups in total. The summed E-state index contributed by atoms with van der Waals surface area (Å²) in [6.45, 7) is 8.75. The molecule has 2 rings (SSSR count). The van der Waals surface area contributed by atoms with Crippen LogP contribution in [0.1, 0.15) is 85.1 Å². The van der Waals surface area contributed by atoms with E-state index in [1.807, 2.05) is 0 Å². The van der Waals surface area contributed by atoms with E-state index in [2.05, 4.69) is 26.6 Å². The molecule has 20 heteroatoms. The summed E-state index contributed by atoms with van der Waals surface area (Å²) in [5.74, 6) is -6.26. The van der Waals surface area contributed by atoms with Crippen LogP contribution >= 0.6 is 0 Å². The fraction of sp³-hybridized carbons (Fsp3) is 0.568. The fourth-order valence-electron chi connectivity index (χ4n) is 5.33. The lowest BCUT2D eigenvalue weighted by molar-refractivity contribution is -0.154. The number of anilines is 1. The molecule has 3 atom stereocenters. The molecule has 0 fully saturated rings. The van der Waals surface area contributed by atoms with Crippen LogP contribution in [0.3, 0.4) is 0 Å². The number of ether oxygens (including phenoxy) is 1. The molecule has 0 aliphatic carbocycles. The van der Waals surface area contributed by atoms with Crippen molar-refractivity contribution in [3.63, 3.8) is 0 Å². The van der Waals surface area contributed by atoms with Gasteiger partial charge in [-0.2, -0.15) is 8.42 Å². The van der Waals surface area contributed by atoms with Gasteiger partial charge in [0.25, 0.3) is 21.9 Å². The Kier molecular flexibility index (Phi) is 18.8. The second kappa shape index (κ2) is 22.4. The Labute approximate surface area is 332 Å². The first kappa shape index (κ1) is 47.8. The second-order valence-electron chi connectivity index (χ2n) is 14.9. The summed E-state index contributed by atoms with van der Waals surface area (Å²) in [5, 5.41) is 12.5. The highest BCUT2D eigenvalue weighted by Gasteiger charge is 2.33. The number of rotatable bonds is 23. The lowest BCUT2D eigenvalue weighted by atomic mass is 9.97. The Morgan fingerprint density at radius 2 is 1.46 bits per heavy atom. The molecule has 316 valence electrons. The van der Waals surface area contributed by atoms with Crippen molar-refractivity contribution in [3.05, 3.63) is 42.0 Å². The second-order valence-corrected chi connectivity index (χ2v) is 16.4. The first-order valence-corrected chi connectivity index (χ1v) is 20.2. The van der Waals surface area contributed by atoms with Gasteiger partial charge in [-0.1, -0.05) is 32.4 Å². The minimum atomic E-state index is -4.80. The Hall–Kier alpha value is -5.37. The maximum absolute atomic E-state index is 13.7. The first-order chi connectivity index (χ1) is 26.6. The van der Waals surface area contributed by atoms with Gasteiger partial charge in [0.05, 0.1) is 5.41 Å². The smallest absolute Gasteiger partial charge is 0.312 e. The quantitative estimate of drug-likeness (QED) is 0.0353. The van der Waals surface area contributed by atoms with Crippen molar-refractivity contribution in [1.82, 2.24) is 26.2 Å². The van der Waals surface area contributed by atoms with Crippen molar-refractivity contribution in [3.8, 4) is 0 Å². The lowest BCUT2D eigenvalue weighted by Gasteiger charge is -2.27. The van der Waals surface area contributed by atoms with Gasteiger partial charge in [0.1, 0.15) is 30.5 Å². The van der Waals surface area contributed by atoms with Crippen LogP contribution in [0, 0.1) is 11.3 Å². The topological polar surface area (TPSA) is 290 Å². The van der Waals surface area contributed by atoms with Crippen molar-refractivity contribution >= 4 is 63.2 Å². The number of esters is 1. The standard InChI is InChI=1S/C37H55N7O12S/c1-23(2)31(43-33(49)27(22-57(53,54)55)41-28(45)12-7-6-10-20-44-29(46)17-18-30(44)47)34(50)42-26(11-8-9-19-39-36(38)52)32(48)40-25-15-13-24(14-16-25)21-56-35(51)37(3,4)5/h13-18,23,26-27,31H,6-12,19-22H2,1-5H3,(H,40,48)(H,41,45)(H,42,50)(H,43,49)(H3,38,39,52)(H,53,54,55)/t26-,27-,31-/m1/s1. The van der Waals surface area contributed by atoms with Gasteiger partial charge in [-0.25, -0.2) is 4.79 Å². The minimum Gasteiger partial charge on any atom is -0.460 e. The average Bonchev–Trinajstić information content (AvgIpc) is 3.43. The Balaban J connectivity index is 2.10. The normalized spacial score (nSPS) is 14.4. The average molecular weight is 822 g/mol. The van der Waals surface area contributed by atoms with Gasteiger partial charge >= 0.3 is 12.0 Å². The summed E-state index contributed by atoms with van der Waals surface area (Å²) < 4.78 is 38.5. The molecule has 1 aromatic rings. The van der Waals surface area contributed by atoms with Gasteiger partial charge in [0.15, 0.2) is 0 Å². The zero-order valence-electron chi connectivity index (χ0n) is 32.9. The van der Waals surface area contributed by atoms with E-state index in [1.54, 1.807) is 58.9 Å². The van der Waals surface area contributed by atoms with Crippen LogP contribution in [0.2, 0.25) is 0 Å². The van der Waals surface area contributed by atoms with Crippen molar-refractivity contribution in [2.24, 2.45) is 17.1 Å². The van der Waals surface area contributed by atoms with E-state index < -0.39 is 86.8 Å². The zero-order valence-corrected chi connectivity index (χ0v) is 33.7. The van der Waals surface area contributed by atoms with E-state index in [-0.39, 0.29) is 44.9 Å². The molecule has 0 spiro atoms. The molecule has 19 nitrogen and oxygen atoms in total. The fourth-order valence-corrected chi connectivity index (χ4v) is 5.98. The molecule has 57 heavy (non-hydrogen) atoms. The van der Waals surface area contributed by atoms with E-state index in [0.29, 0.717) is 36.9 Å². The van der Waals surface area contributed by atoms with Crippen LogP contribution in [-0.2, 0) is 55.0 Å². The Morgan fingerprint density at radius 3 is 2.02 bits per heavy atom. The van der Waals surface area contributed by atoms with Crippen LogP contribution in [0.4, 0.5) is 10.5 Å². The summed E-state index contributed by atoms with van der Waals surface area (Å²) >= 11 is 0. The molecule has 1 aliphatic heterocycles. The molecular formula is C37H55N7O12S. The molecule has 1 heterocycles. The third-order valence-corrected chi connectivity index (χ3v) is 9.27. The summed E-state index contributed by atoms with van der Waals surface area (Å²) in [5.41, 5.74) is 5.47. The zero-order chi connectivity index (χ0) is 42.9. The van der Waals surface area contributed by atoms with Gasteiger partial charge in [-0.05, 0) is 76.5 Å².